The SMILES string of the molecule is NCCc1ccc(Oc2ccc(F)c(C(=O)N3CCC(O)(Cn4ccnc4)CC3)c2)cc1. The van der Waals surface area contributed by atoms with Gasteiger partial charge in [0.1, 0.15) is 17.3 Å². The fourth-order valence-corrected chi connectivity index (χ4v) is 3.93. The molecule has 0 radical (unpaired) electrons. The molecule has 2 heterocycles. The van der Waals surface area contributed by atoms with E-state index < -0.39 is 17.3 Å². The standard InChI is InChI=1S/C24H27FN4O3/c25-22-6-5-20(32-19-3-1-18(2-4-19)7-10-26)15-21(22)23(30)29-12-8-24(31,9-13-29)16-28-14-11-27-17-28/h1-6,11,14-15,17,31H,7-10,12-13,16,26H2. The Hall–Kier alpha value is -3.23. The second-order valence-electron chi connectivity index (χ2n) is 8.18. The highest BCUT2D eigenvalue weighted by Gasteiger charge is 2.35. The molecule has 2 aromatic carbocycles. The zero-order valence-electron chi connectivity index (χ0n) is 17.8. The quantitative estimate of drug-likeness (QED) is 0.592. The molecule has 1 aliphatic heterocycles. The van der Waals surface area contributed by atoms with Crippen LogP contribution >= 0.6 is 0 Å². The zero-order valence-corrected chi connectivity index (χ0v) is 17.8. The molecular weight excluding hydrogens is 411 g/mol. The topological polar surface area (TPSA) is 93.6 Å². The molecule has 0 unspecified atom stereocenters. The van der Waals surface area contributed by atoms with Crippen LogP contribution in [0.25, 0.3) is 0 Å². The summed E-state index contributed by atoms with van der Waals surface area (Å²) < 4.78 is 22.1. The maximum absolute atomic E-state index is 14.5. The number of hydrogen-bond donors (Lipinski definition) is 2. The van der Waals surface area contributed by atoms with Crippen LogP contribution in [0.2, 0.25) is 0 Å². The van der Waals surface area contributed by atoms with Crippen LogP contribution in [0.4, 0.5) is 4.39 Å². The van der Waals surface area contributed by atoms with Gasteiger partial charge in [-0.05, 0) is 61.7 Å². The average Bonchev–Trinajstić information content (AvgIpc) is 3.29. The molecule has 7 nitrogen and oxygen atoms in total. The number of benzene rings is 2. The van der Waals surface area contributed by atoms with Crippen molar-refractivity contribution in [2.75, 3.05) is 19.6 Å². The van der Waals surface area contributed by atoms with Crippen molar-refractivity contribution in [1.82, 2.24) is 14.5 Å². The van der Waals surface area contributed by atoms with Crippen molar-refractivity contribution in [3.8, 4) is 11.5 Å². The molecule has 1 fully saturated rings. The Kier molecular flexibility index (Phi) is 6.53. The molecule has 1 aliphatic rings. The Morgan fingerprint density at radius 1 is 1.16 bits per heavy atom. The smallest absolute Gasteiger partial charge is 0.256 e. The van der Waals surface area contributed by atoms with Gasteiger partial charge in [0.2, 0.25) is 0 Å². The summed E-state index contributed by atoms with van der Waals surface area (Å²) in [6.07, 6.45) is 6.70. The van der Waals surface area contributed by atoms with E-state index in [0.29, 0.717) is 50.5 Å². The molecule has 0 bridgehead atoms. The van der Waals surface area contributed by atoms with Gasteiger partial charge in [0.05, 0.1) is 24.0 Å². The first kappa shape index (κ1) is 22.0. The average molecular weight is 439 g/mol. The number of halogens is 1. The van der Waals surface area contributed by atoms with Gasteiger partial charge in [-0.15, -0.1) is 0 Å². The summed E-state index contributed by atoms with van der Waals surface area (Å²) >= 11 is 0. The van der Waals surface area contributed by atoms with E-state index in [9.17, 15) is 14.3 Å². The molecule has 0 aliphatic carbocycles. The predicted molar refractivity (Wildman–Crippen MR) is 118 cm³/mol. The largest absolute Gasteiger partial charge is 0.457 e. The number of hydrogen-bond acceptors (Lipinski definition) is 5. The third-order valence-electron chi connectivity index (χ3n) is 5.78. The number of ether oxygens (including phenoxy) is 1. The maximum atomic E-state index is 14.5. The van der Waals surface area contributed by atoms with E-state index in [1.54, 1.807) is 23.6 Å². The second kappa shape index (κ2) is 9.50. The Morgan fingerprint density at radius 3 is 2.53 bits per heavy atom. The third-order valence-corrected chi connectivity index (χ3v) is 5.78. The first-order valence-corrected chi connectivity index (χ1v) is 10.7. The first-order chi connectivity index (χ1) is 15.5. The van der Waals surface area contributed by atoms with Crippen LogP contribution in [0, 0.1) is 5.82 Å². The third kappa shape index (κ3) is 5.15. The highest BCUT2D eigenvalue weighted by atomic mass is 19.1. The van der Waals surface area contributed by atoms with E-state index in [-0.39, 0.29) is 5.56 Å². The van der Waals surface area contributed by atoms with Gasteiger partial charge < -0.3 is 25.0 Å². The number of aliphatic hydroxyl groups is 1. The molecule has 168 valence electrons. The number of likely N-dealkylation sites (tertiary alicyclic amines) is 1. The number of imidazole rings is 1. The van der Waals surface area contributed by atoms with Gasteiger partial charge >= 0.3 is 0 Å². The van der Waals surface area contributed by atoms with Gasteiger partial charge in [0.15, 0.2) is 0 Å². The number of carbonyl (C=O) groups excluding carboxylic acids is 1. The summed E-state index contributed by atoms with van der Waals surface area (Å²) in [5.41, 5.74) is 5.71. The molecule has 1 saturated heterocycles. The number of nitrogens with zero attached hydrogens (tertiary/aromatic N) is 3. The van der Waals surface area contributed by atoms with Crippen molar-refractivity contribution in [2.24, 2.45) is 5.73 Å². The summed E-state index contributed by atoms with van der Waals surface area (Å²) in [6.45, 7) is 1.67. The van der Waals surface area contributed by atoms with Crippen molar-refractivity contribution in [1.29, 1.82) is 0 Å². The second-order valence-corrected chi connectivity index (χ2v) is 8.18. The van der Waals surface area contributed by atoms with Crippen LogP contribution in [-0.4, -0.2) is 50.7 Å². The van der Waals surface area contributed by atoms with Crippen molar-refractivity contribution in [2.45, 2.75) is 31.4 Å². The molecule has 0 saturated carbocycles. The Balaban J connectivity index is 1.41. The highest BCUT2D eigenvalue weighted by molar-refractivity contribution is 5.95. The monoisotopic (exact) mass is 438 g/mol. The van der Waals surface area contributed by atoms with Crippen LogP contribution in [0.3, 0.4) is 0 Å². The van der Waals surface area contributed by atoms with Crippen LogP contribution in [0.5, 0.6) is 11.5 Å². The van der Waals surface area contributed by atoms with Gasteiger partial charge in [-0.1, -0.05) is 12.1 Å². The lowest BCUT2D eigenvalue weighted by Crippen LogP contribution is -2.48. The summed E-state index contributed by atoms with van der Waals surface area (Å²) in [5, 5.41) is 10.8. The lowest BCUT2D eigenvalue weighted by Gasteiger charge is -2.38. The van der Waals surface area contributed by atoms with Crippen LogP contribution in [0.1, 0.15) is 28.8 Å². The summed E-state index contributed by atoms with van der Waals surface area (Å²) in [4.78, 5) is 18.6. The number of carbonyl (C=O) groups is 1. The molecule has 4 rings (SSSR count). The van der Waals surface area contributed by atoms with Crippen LogP contribution in [-0.2, 0) is 13.0 Å². The van der Waals surface area contributed by atoms with Crippen molar-refractivity contribution in [3.05, 3.63) is 78.1 Å². The van der Waals surface area contributed by atoms with Gasteiger partial charge in [-0.3, -0.25) is 4.79 Å². The minimum atomic E-state index is -0.920. The minimum absolute atomic E-state index is 0.0395. The number of piperidine rings is 1. The van der Waals surface area contributed by atoms with E-state index in [2.05, 4.69) is 4.98 Å². The Morgan fingerprint density at radius 2 is 1.88 bits per heavy atom. The van der Waals surface area contributed by atoms with Crippen molar-refractivity contribution < 1.29 is 19.0 Å². The first-order valence-electron chi connectivity index (χ1n) is 10.7. The highest BCUT2D eigenvalue weighted by Crippen LogP contribution is 2.28. The molecule has 0 atom stereocenters. The Bertz CT molecular complexity index is 1050. The van der Waals surface area contributed by atoms with Crippen molar-refractivity contribution >= 4 is 5.91 Å². The lowest BCUT2D eigenvalue weighted by molar-refractivity contribution is -0.0293. The minimum Gasteiger partial charge on any atom is -0.457 e. The summed E-state index contributed by atoms with van der Waals surface area (Å²) in [7, 11) is 0. The number of aromatic nitrogens is 2. The van der Waals surface area contributed by atoms with Gasteiger partial charge in [-0.25, -0.2) is 9.37 Å². The normalized spacial score (nSPS) is 15.5. The van der Waals surface area contributed by atoms with Gasteiger partial charge in [-0.2, -0.15) is 0 Å². The molecule has 1 aromatic heterocycles. The van der Waals surface area contributed by atoms with E-state index in [1.807, 2.05) is 28.8 Å². The fourth-order valence-electron chi connectivity index (χ4n) is 3.93. The number of rotatable bonds is 7. The predicted octanol–water partition coefficient (Wildman–Crippen LogP) is 2.98. The molecule has 3 N–H and O–H groups in total. The summed E-state index contributed by atoms with van der Waals surface area (Å²) in [6, 6.07) is 11.7. The van der Waals surface area contributed by atoms with E-state index in [4.69, 9.17) is 10.5 Å². The van der Waals surface area contributed by atoms with Crippen molar-refractivity contribution in [3.63, 3.8) is 0 Å². The number of nitrogens with two attached hydrogens (primary N) is 1. The summed E-state index contributed by atoms with van der Waals surface area (Å²) in [5.74, 6) is -0.0240. The molecule has 32 heavy (non-hydrogen) atoms. The zero-order chi connectivity index (χ0) is 22.6. The number of amides is 1. The Labute approximate surface area is 186 Å². The van der Waals surface area contributed by atoms with E-state index >= 15 is 0 Å². The van der Waals surface area contributed by atoms with Crippen LogP contribution < -0.4 is 10.5 Å². The lowest BCUT2D eigenvalue weighted by atomic mass is 9.91. The fraction of sp³-hybridized carbons (Fsp3) is 0.333. The van der Waals surface area contributed by atoms with Gasteiger partial charge in [0.25, 0.3) is 5.91 Å². The molecule has 3 aromatic rings. The molecule has 1 amide bonds. The molecule has 0 spiro atoms. The maximum Gasteiger partial charge on any atom is 0.256 e. The molecular formula is C24H27FN4O3. The van der Waals surface area contributed by atoms with E-state index in [0.717, 1.165) is 12.0 Å². The van der Waals surface area contributed by atoms with Crippen LogP contribution in [0.15, 0.2) is 61.2 Å². The van der Waals surface area contributed by atoms with E-state index in [1.165, 1.54) is 18.2 Å². The van der Waals surface area contributed by atoms with Gasteiger partial charge in [0, 0.05) is 25.5 Å². The molecule has 8 heteroatoms.